The molecule has 0 saturated carbocycles. The highest BCUT2D eigenvalue weighted by molar-refractivity contribution is 5.09. The lowest BCUT2D eigenvalue weighted by Gasteiger charge is -2.26. The summed E-state index contributed by atoms with van der Waals surface area (Å²) in [4.78, 5) is 0. The third-order valence-corrected chi connectivity index (χ3v) is 2.83. The lowest BCUT2D eigenvalue weighted by molar-refractivity contribution is -0.124. The zero-order chi connectivity index (χ0) is 10.3. The first kappa shape index (κ1) is 10.7. The van der Waals surface area contributed by atoms with Crippen LogP contribution in [-0.4, -0.2) is 34.1 Å². The standard InChI is InChI=1S/C10H18O3/c1-5-7-8(12)10(4,6-11)13-9(7,2)3/h5,7-8,11-12H,1,6H2,2-4H3/t7-,8+,10-/m0/s1. The van der Waals surface area contributed by atoms with Crippen molar-refractivity contribution < 1.29 is 14.9 Å². The van der Waals surface area contributed by atoms with E-state index in [1.165, 1.54) is 0 Å². The Labute approximate surface area is 79.0 Å². The predicted octanol–water partition coefficient (Wildman–Crippen LogP) is 0.709. The minimum atomic E-state index is -0.859. The largest absolute Gasteiger partial charge is 0.393 e. The van der Waals surface area contributed by atoms with Gasteiger partial charge in [-0.05, 0) is 20.8 Å². The molecule has 1 aliphatic heterocycles. The first-order valence-corrected chi connectivity index (χ1v) is 4.49. The van der Waals surface area contributed by atoms with E-state index in [0.717, 1.165) is 0 Å². The summed E-state index contributed by atoms with van der Waals surface area (Å²) in [6.45, 7) is 8.98. The van der Waals surface area contributed by atoms with Gasteiger partial charge in [0.15, 0.2) is 0 Å². The molecule has 1 aliphatic rings. The molecule has 1 saturated heterocycles. The summed E-state index contributed by atoms with van der Waals surface area (Å²) in [5, 5.41) is 19.0. The molecule has 1 heterocycles. The van der Waals surface area contributed by atoms with Crippen molar-refractivity contribution in [2.24, 2.45) is 5.92 Å². The molecular formula is C10H18O3. The molecule has 76 valence electrons. The molecule has 0 spiro atoms. The number of hydrogen-bond acceptors (Lipinski definition) is 3. The van der Waals surface area contributed by atoms with Crippen molar-refractivity contribution in [3.8, 4) is 0 Å². The molecular weight excluding hydrogens is 168 g/mol. The fourth-order valence-corrected chi connectivity index (χ4v) is 2.03. The van der Waals surface area contributed by atoms with Crippen LogP contribution in [0.4, 0.5) is 0 Å². The molecule has 0 unspecified atom stereocenters. The summed E-state index contributed by atoms with van der Waals surface area (Å²) in [6.07, 6.45) is 0.996. The van der Waals surface area contributed by atoms with Crippen LogP contribution in [0.3, 0.4) is 0 Å². The Kier molecular flexibility index (Phi) is 2.54. The summed E-state index contributed by atoms with van der Waals surface area (Å²) in [5.74, 6) is -0.135. The normalized spacial score (nSPS) is 43.5. The van der Waals surface area contributed by atoms with E-state index in [9.17, 15) is 5.11 Å². The topological polar surface area (TPSA) is 49.7 Å². The van der Waals surface area contributed by atoms with Crippen LogP contribution in [0.2, 0.25) is 0 Å². The van der Waals surface area contributed by atoms with Gasteiger partial charge in [-0.25, -0.2) is 0 Å². The van der Waals surface area contributed by atoms with Gasteiger partial charge in [0.25, 0.3) is 0 Å². The van der Waals surface area contributed by atoms with E-state index in [1.54, 1.807) is 13.0 Å². The summed E-state index contributed by atoms with van der Waals surface area (Å²) >= 11 is 0. The number of aliphatic hydroxyl groups is 2. The maximum atomic E-state index is 9.89. The van der Waals surface area contributed by atoms with Gasteiger partial charge in [0.2, 0.25) is 0 Å². The zero-order valence-corrected chi connectivity index (χ0v) is 8.45. The van der Waals surface area contributed by atoms with Crippen LogP contribution in [0.5, 0.6) is 0 Å². The van der Waals surface area contributed by atoms with Crippen LogP contribution in [0.25, 0.3) is 0 Å². The Balaban J connectivity index is 2.96. The second-order valence-electron chi connectivity index (χ2n) is 4.38. The molecule has 3 atom stereocenters. The molecule has 0 aromatic carbocycles. The minimum absolute atomic E-state index is 0.135. The smallest absolute Gasteiger partial charge is 0.116 e. The van der Waals surface area contributed by atoms with Crippen LogP contribution < -0.4 is 0 Å². The SMILES string of the molecule is C=C[C@H]1[C@@H](O)[C@](C)(CO)OC1(C)C. The van der Waals surface area contributed by atoms with Gasteiger partial charge in [0.1, 0.15) is 5.60 Å². The molecule has 3 heteroatoms. The molecule has 3 nitrogen and oxygen atoms in total. The van der Waals surface area contributed by atoms with Gasteiger partial charge in [0, 0.05) is 5.92 Å². The molecule has 1 fully saturated rings. The minimum Gasteiger partial charge on any atom is -0.393 e. The maximum absolute atomic E-state index is 9.89. The van der Waals surface area contributed by atoms with Crippen molar-refractivity contribution >= 4 is 0 Å². The number of ether oxygens (including phenoxy) is 1. The Morgan fingerprint density at radius 1 is 1.46 bits per heavy atom. The molecule has 0 aromatic heterocycles. The highest BCUT2D eigenvalue weighted by Crippen LogP contribution is 2.42. The third kappa shape index (κ3) is 1.52. The summed E-state index contributed by atoms with van der Waals surface area (Å²) in [5.41, 5.74) is -1.32. The number of hydrogen-bond donors (Lipinski definition) is 2. The molecule has 0 amide bonds. The van der Waals surface area contributed by atoms with Crippen molar-refractivity contribution in [3.63, 3.8) is 0 Å². The van der Waals surface area contributed by atoms with E-state index in [4.69, 9.17) is 9.84 Å². The summed E-state index contributed by atoms with van der Waals surface area (Å²) < 4.78 is 5.63. The Morgan fingerprint density at radius 3 is 2.23 bits per heavy atom. The van der Waals surface area contributed by atoms with Gasteiger partial charge in [-0.3, -0.25) is 0 Å². The van der Waals surface area contributed by atoms with E-state index in [0.29, 0.717) is 0 Å². The van der Waals surface area contributed by atoms with Crippen LogP contribution in [0, 0.1) is 5.92 Å². The van der Waals surface area contributed by atoms with Gasteiger partial charge >= 0.3 is 0 Å². The molecule has 0 aromatic rings. The van der Waals surface area contributed by atoms with E-state index in [-0.39, 0.29) is 12.5 Å². The van der Waals surface area contributed by atoms with Gasteiger partial charge in [-0.15, -0.1) is 6.58 Å². The maximum Gasteiger partial charge on any atom is 0.116 e. The monoisotopic (exact) mass is 186 g/mol. The Hall–Kier alpha value is -0.380. The first-order valence-electron chi connectivity index (χ1n) is 4.49. The van der Waals surface area contributed by atoms with Crippen LogP contribution >= 0.6 is 0 Å². The van der Waals surface area contributed by atoms with E-state index >= 15 is 0 Å². The van der Waals surface area contributed by atoms with Gasteiger partial charge in [-0.1, -0.05) is 6.08 Å². The average molecular weight is 186 g/mol. The Bertz CT molecular complexity index is 212. The highest BCUT2D eigenvalue weighted by atomic mass is 16.6. The zero-order valence-electron chi connectivity index (χ0n) is 8.45. The molecule has 13 heavy (non-hydrogen) atoms. The lowest BCUT2D eigenvalue weighted by Crippen LogP contribution is -2.41. The molecule has 1 rings (SSSR count). The van der Waals surface area contributed by atoms with E-state index < -0.39 is 17.3 Å². The van der Waals surface area contributed by atoms with E-state index in [2.05, 4.69) is 6.58 Å². The number of aliphatic hydroxyl groups excluding tert-OH is 2. The first-order chi connectivity index (χ1) is 5.87. The summed E-state index contributed by atoms with van der Waals surface area (Å²) in [6, 6.07) is 0. The van der Waals surface area contributed by atoms with Crippen molar-refractivity contribution in [1.82, 2.24) is 0 Å². The van der Waals surface area contributed by atoms with Crippen molar-refractivity contribution in [1.29, 1.82) is 0 Å². The number of rotatable bonds is 2. The van der Waals surface area contributed by atoms with Crippen LogP contribution in [0.15, 0.2) is 12.7 Å². The van der Waals surface area contributed by atoms with E-state index in [1.807, 2.05) is 13.8 Å². The van der Waals surface area contributed by atoms with Crippen LogP contribution in [-0.2, 0) is 4.74 Å². The lowest BCUT2D eigenvalue weighted by atomic mass is 9.84. The fraction of sp³-hybridized carbons (Fsp3) is 0.800. The molecule has 0 radical (unpaired) electrons. The predicted molar refractivity (Wildman–Crippen MR) is 50.3 cm³/mol. The molecule has 2 N–H and O–H groups in total. The van der Waals surface area contributed by atoms with Gasteiger partial charge < -0.3 is 14.9 Å². The molecule has 0 bridgehead atoms. The molecule has 0 aliphatic carbocycles. The quantitative estimate of drug-likeness (QED) is 0.624. The van der Waals surface area contributed by atoms with Gasteiger partial charge in [-0.2, -0.15) is 0 Å². The van der Waals surface area contributed by atoms with Crippen LogP contribution in [0.1, 0.15) is 20.8 Å². The fourth-order valence-electron chi connectivity index (χ4n) is 2.03. The third-order valence-electron chi connectivity index (χ3n) is 2.83. The van der Waals surface area contributed by atoms with Gasteiger partial charge in [0.05, 0.1) is 18.3 Å². The second kappa shape index (κ2) is 3.08. The van der Waals surface area contributed by atoms with Crippen molar-refractivity contribution in [3.05, 3.63) is 12.7 Å². The second-order valence-corrected chi connectivity index (χ2v) is 4.38. The average Bonchev–Trinajstić information content (AvgIpc) is 2.20. The van der Waals surface area contributed by atoms with Crippen molar-refractivity contribution in [2.45, 2.75) is 38.1 Å². The van der Waals surface area contributed by atoms with Crippen molar-refractivity contribution in [2.75, 3.05) is 6.61 Å². The summed E-state index contributed by atoms with van der Waals surface area (Å²) in [7, 11) is 0. The Morgan fingerprint density at radius 2 is 2.00 bits per heavy atom. The highest BCUT2D eigenvalue weighted by Gasteiger charge is 2.54.